The first-order valence-corrected chi connectivity index (χ1v) is 3.90. The monoisotopic (exact) mass is 175 g/mol. The number of ether oxygens (including phenoxy) is 2. The second-order valence-corrected chi connectivity index (χ2v) is 2.76. The highest BCUT2D eigenvalue weighted by molar-refractivity contribution is 5.82. The van der Waals surface area contributed by atoms with Gasteiger partial charge in [0, 0.05) is 32.8 Å². The highest BCUT2D eigenvalue weighted by Gasteiger charge is 2.10. The average Bonchev–Trinajstić information content (AvgIpc) is 1.98. The third kappa shape index (κ3) is 5.23. The molecule has 0 aromatic carbocycles. The first kappa shape index (κ1) is 11.6. The maximum Gasteiger partial charge on any atom is 0.161 e. The van der Waals surface area contributed by atoms with Crippen LogP contribution < -0.4 is 0 Å². The minimum atomic E-state index is -0.466. The Bertz CT molecular complexity index is 132. The molecule has 0 aliphatic rings. The molecular weight excluding hydrogens is 158 g/mol. The van der Waals surface area contributed by atoms with Crippen LogP contribution in [0.4, 0.5) is 0 Å². The molecule has 0 radical (unpaired) electrons. The van der Waals surface area contributed by atoms with Crippen LogP contribution in [0.2, 0.25) is 0 Å². The summed E-state index contributed by atoms with van der Waals surface area (Å²) in [4.78, 5) is 0. The van der Waals surface area contributed by atoms with Gasteiger partial charge in [-0.2, -0.15) is 0 Å². The summed E-state index contributed by atoms with van der Waals surface area (Å²) in [6.07, 6.45) is -0.0377. The molecule has 0 aliphatic heterocycles. The van der Waals surface area contributed by atoms with Gasteiger partial charge in [-0.25, -0.2) is 0 Å². The molecule has 0 bridgehead atoms. The molecule has 0 aliphatic carbocycles. The van der Waals surface area contributed by atoms with Crippen LogP contribution in [0, 0.1) is 5.41 Å². The smallest absolute Gasteiger partial charge is 0.161 e. The van der Waals surface area contributed by atoms with Crippen molar-refractivity contribution in [1.29, 1.82) is 5.41 Å². The fraction of sp³-hybridized carbons (Fsp3) is 0.875. The first-order chi connectivity index (χ1) is 5.60. The number of hydrogen-bond acceptors (Lipinski definition) is 4. The fourth-order valence-corrected chi connectivity index (χ4v) is 0.904. The van der Waals surface area contributed by atoms with Crippen molar-refractivity contribution in [2.24, 2.45) is 0 Å². The molecule has 0 spiro atoms. The van der Waals surface area contributed by atoms with Crippen molar-refractivity contribution in [2.75, 3.05) is 14.2 Å². The maximum absolute atomic E-state index is 8.96. The summed E-state index contributed by atoms with van der Waals surface area (Å²) in [6.45, 7) is 1.66. The normalized spacial score (nSPS) is 13.4. The molecule has 0 aromatic rings. The van der Waals surface area contributed by atoms with Crippen molar-refractivity contribution in [2.45, 2.75) is 32.2 Å². The van der Waals surface area contributed by atoms with Crippen molar-refractivity contribution >= 4 is 5.71 Å². The van der Waals surface area contributed by atoms with Crippen molar-refractivity contribution in [3.63, 3.8) is 0 Å². The molecule has 4 nitrogen and oxygen atoms in total. The minimum absolute atomic E-state index is 0.365. The first-order valence-electron chi connectivity index (χ1n) is 3.90. The van der Waals surface area contributed by atoms with Gasteiger partial charge in [0.05, 0.1) is 6.10 Å². The lowest BCUT2D eigenvalue weighted by atomic mass is 10.1. The molecule has 12 heavy (non-hydrogen) atoms. The summed E-state index contributed by atoms with van der Waals surface area (Å²) in [5, 5.41) is 16.4. The van der Waals surface area contributed by atoms with E-state index in [1.165, 1.54) is 14.2 Å². The topological polar surface area (TPSA) is 62.5 Å². The van der Waals surface area contributed by atoms with Gasteiger partial charge in [-0.05, 0) is 6.92 Å². The third-order valence-electron chi connectivity index (χ3n) is 1.48. The van der Waals surface area contributed by atoms with Crippen LogP contribution >= 0.6 is 0 Å². The zero-order valence-electron chi connectivity index (χ0n) is 7.83. The second-order valence-electron chi connectivity index (χ2n) is 2.76. The lowest BCUT2D eigenvalue weighted by Crippen LogP contribution is -2.20. The summed E-state index contributed by atoms with van der Waals surface area (Å²) in [5.74, 6) is 0. The van der Waals surface area contributed by atoms with E-state index in [1.54, 1.807) is 6.92 Å². The van der Waals surface area contributed by atoms with E-state index in [9.17, 15) is 0 Å². The van der Waals surface area contributed by atoms with Crippen molar-refractivity contribution in [3.8, 4) is 0 Å². The summed E-state index contributed by atoms with van der Waals surface area (Å²) < 4.78 is 9.81. The number of methoxy groups -OCH3 is 2. The average molecular weight is 175 g/mol. The molecule has 0 saturated heterocycles. The summed E-state index contributed by atoms with van der Waals surface area (Å²) in [5.41, 5.74) is 0.443. The van der Waals surface area contributed by atoms with Crippen molar-refractivity contribution in [1.82, 2.24) is 0 Å². The van der Waals surface area contributed by atoms with Crippen LogP contribution in [0.5, 0.6) is 0 Å². The lowest BCUT2D eigenvalue weighted by molar-refractivity contribution is -0.0962. The number of nitrogens with one attached hydrogen (secondary N) is 1. The minimum Gasteiger partial charge on any atom is -0.393 e. The summed E-state index contributed by atoms with van der Waals surface area (Å²) >= 11 is 0. The van der Waals surface area contributed by atoms with Crippen LogP contribution in [-0.2, 0) is 9.47 Å². The Labute approximate surface area is 73.0 Å². The molecule has 1 atom stereocenters. The van der Waals surface area contributed by atoms with Gasteiger partial charge in [0.1, 0.15) is 0 Å². The molecule has 1 unspecified atom stereocenters. The maximum atomic E-state index is 8.96. The molecule has 0 saturated carbocycles. The molecule has 0 amide bonds. The molecule has 72 valence electrons. The SMILES string of the molecule is COC(CC(=N)CC(C)O)OC. The Morgan fingerprint density at radius 2 is 1.83 bits per heavy atom. The Kier molecular flexibility index (Phi) is 5.88. The van der Waals surface area contributed by atoms with E-state index < -0.39 is 6.10 Å². The Balaban J connectivity index is 3.66. The zero-order valence-corrected chi connectivity index (χ0v) is 7.83. The van der Waals surface area contributed by atoms with Crippen LogP contribution in [0.15, 0.2) is 0 Å². The second kappa shape index (κ2) is 6.11. The highest BCUT2D eigenvalue weighted by Crippen LogP contribution is 2.03. The number of hydrogen-bond donors (Lipinski definition) is 2. The van der Waals surface area contributed by atoms with Crippen molar-refractivity contribution < 1.29 is 14.6 Å². The number of aliphatic hydroxyl groups is 1. The zero-order chi connectivity index (χ0) is 9.56. The molecule has 0 heterocycles. The van der Waals surface area contributed by atoms with Gasteiger partial charge >= 0.3 is 0 Å². The van der Waals surface area contributed by atoms with Gasteiger partial charge in [0.15, 0.2) is 6.29 Å². The molecule has 2 N–H and O–H groups in total. The molecule has 0 aromatic heterocycles. The lowest BCUT2D eigenvalue weighted by Gasteiger charge is -2.14. The largest absolute Gasteiger partial charge is 0.393 e. The van der Waals surface area contributed by atoms with Gasteiger partial charge in [0.2, 0.25) is 0 Å². The van der Waals surface area contributed by atoms with Gasteiger partial charge in [-0.3, -0.25) is 0 Å². The quantitative estimate of drug-likeness (QED) is 0.463. The Hall–Kier alpha value is -0.450. The third-order valence-corrected chi connectivity index (χ3v) is 1.48. The van der Waals surface area contributed by atoms with E-state index in [2.05, 4.69) is 0 Å². The van der Waals surface area contributed by atoms with Crippen LogP contribution in [0.3, 0.4) is 0 Å². The van der Waals surface area contributed by atoms with E-state index >= 15 is 0 Å². The van der Waals surface area contributed by atoms with E-state index in [-0.39, 0.29) is 6.29 Å². The van der Waals surface area contributed by atoms with E-state index in [0.29, 0.717) is 18.6 Å². The van der Waals surface area contributed by atoms with Crippen LogP contribution in [0.1, 0.15) is 19.8 Å². The number of aliphatic hydroxyl groups excluding tert-OH is 1. The summed E-state index contributed by atoms with van der Waals surface area (Å²) in [6, 6.07) is 0. The van der Waals surface area contributed by atoms with Gasteiger partial charge in [0.25, 0.3) is 0 Å². The van der Waals surface area contributed by atoms with Gasteiger partial charge < -0.3 is 20.0 Å². The van der Waals surface area contributed by atoms with Gasteiger partial charge in [-0.1, -0.05) is 0 Å². The van der Waals surface area contributed by atoms with E-state index in [4.69, 9.17) is 20.0 Å². The molecule has 0 rings (SSSR count). The van der Waals surface area contributed by atoms with Crippen LogP contribution in [-0.4, -0.2) is 37.4 Å². The predicted octanol–water partition coefficient (Wildman–Crippen LogP) is 0.786. The van der Waals surface area contributed by atoms with E-state index in [1.807, 2.05) is 0 Å². The number of rotatable bonds is 6. The molecular formula is C8H17NO3. The highest BCUT2D eigenvalue weighted by atomic mass is 16.7. The van der Waals surface area contributed by atoms with Crippen LogP contribution in [0.25, 0.3) is 0 Å². The standard InChI is InChI=1S/C8H17NO3/c1-6(10)4-7(9)5-8(11-2)12-3/h6,8-10H,4-5H2,1-3H3. The molecule has 4 heteroatoms. The van der Waals surface area contributed by atoms with E-state index in [0.717, 1.165) is 0 Å². The Morgan fingerprint density at radius 3 is 2.17 bits per heavy atom. The Morgan fingerprint density at radius 1 is 1.33 bits per heavy atom. The van der Waals surface area contributed by atoms with Crippen molar-refractivity contribution in [3.05, 3.63) is 0 Å². The summed E-state index contributed by atoms with van der Waals surface area (Å²) in [7, 11) is 3.06. The van der Waals surface area contributed by atoms with Gasteiger partial charge in [-0.15, -0.1) is 0 Å². The predicted molar refractivity (Wildman–Crippen MR) is 46.4 cm³/mol. The molecule has 0 fully saturated rings. The fourth-order valence-electron chi connectivity index (χ4n) is 0.904.